The second kappa shape index (κ2) is 10.8. The summed E-state index contributed by atoms with van der Waals surface area (Å²) < 4.78 is 21.3. The van der Waals surface area contributed by atoms with Gasteiger partial charge in [0, 0.05) is 36.0 Å². The van der Waals surface area contributed by atoms with Crippen LogP contribution in [0.5, 0.6) is 0 Å². The molecule has 0 unspecified atom stereocenters. The van der Waals surface area contributed by atoms with Crippen molar-refractivity contribution in [1.82, 2.24) is 25.1 Å². The number of aliphatic hydroxyl groups excluding tert-OH is 1. The summed E-state index contributed by atoms with van der Waals surface area (Å²) in [4.78, 5) is 21.2. The first kappa shape index (κ1) is 25.7. The Balaban J connectivity index is 1.41. The van der Waals surface area contributed by atoms with Gasteiger partial charge in [0.1, 0.15) is 11.6 Å². The highest BCUT2D eigenvalue weighted by Crippen LogP contribution is 2.36. The number of ether oxygens (including phenoxy) is 1. The first-order valence-corrected chi connectivity index (χ1v) is 12.5. The molecule has 0 spiro atoms. The van der Waals surface area contributed by atoms with Gasteiger partial charge >= 0.3 is 5.97 Å². The number of rotatable bonds is 8. The van der Waals surface area contributed by atoms with E-state index in [0.717, 1.165) is 36.8 Å². The highest BCUT2D eigenvalue weighted by molar-refractivity contribution is 5.81. The molecule has 1 fully saturated rings. The van der Waals surface area contributed by atoms with Crippen molar-refractivity contribution in [1.29, 1.82) is 0 Å². The zero-order valence-electron chi connectivity index (χ0n) is 21.0. The fourth-order valence-corrected chi connectivity index (χ4v) is 4.80. The van der Waals surface area contributed by atoms with Crippen molar-refractivity contribution in [3.05, 3.63) is 72.1 Å². The molecule has 1 aliphatic rings. The minimum absolute atomic E-state index is 0.0731. The number of benzene rings is 1. The normalized spacial score (nSPS) is 19.4. The van der Waals surface area contributed by atoms with Crippen LogP contribution in [-0.4, -0.2) is 50.5 Å². The molecule has 0 atom stereocenters. The summed E-state index contributed by atoms with van der Waals surface area (Å²) in [6.45, 7) is -0.113. The van der Waals surface area contributed by atoms with Gasteiger partial charge in [0.05, 0.1) is 54.1 Å². The SMILES string of the molecule is COC(=O)CNC1(c2ccc3cnc(Nc4ccc(-n5ccc(CO)n5)cc4F)cc3n2)CCC(N)CC1. The maximum absolute atomic E-state index is 14.9. The fourth-order valence-electron chi connectivity index (χ4n) is 4.80. The van der Waals surface area contributed by atoms with Crippen LogP contribution in [0.2, 0.25) is 0 Å². The number of nitrogens with one attached hydrogen (secondary N) is 2. The monoisotopic (exact) mass is 519 g/mol. The van der Waals surface area contributed by atoms with Crippen LogP contribution in [0.3, 0.4) is 0 Å². The Labute approximate surface area is 219 Å². The molecule has 0 bridgehead atoms. The number of nitrogens with two attached hydrogens (primary N) is 1. The van der Waals surface area contributed by atoms with E-state index < -0.39 is 11.4 Å². The largest absolute Gasteiger partial charge is 0.468 e. The van der Waals surface area contributed by atoms with E-state index in [9.17, 15) is 14.3 Å². The zero-order valence-corrected chi connectivity index (χ0v) is 21.0. The Hall–Kier alpha value is -3.93. The van der Waals surface area contributed by atoms with Crippen molar-refractivity contribution in [2.75, 3.05) is 19.0 Å². The minimum atomic E-state index is -0.501. The van der Waals surface area contributed by atoms with E-state index in [0.29, 0.717) is 22.7 Å². The quantitative estimate of drug-likeness (QED) is 0.259. The Morgan fingerprint density at radius 2 is 2.05 bits per heavy atom. The predicted molar refractivity (Wildman–Crippen MR) is 140 cm³/mol. The highest BCUT2D eigenvalue weighted by Gasteiger charge is 2.37. The van der Waals surface area contributed by atoms with E-state index in [-0.39, 0.29) is 30.9 Å². The summed E-state index contributed by atoms with van der Waals surface area (Å²) in [5.74, 6) is -0.375. The summed E-state index contributed by atoms with van der Waals surface area (Å²) in [7, 11) is 1.37. The third kappa shape index (κ3) is 5.35. The van der Waals surface area contributed by atoms with Gasteiger partial charge in [-0.15, -0.1) is 0 Å². The van der Waals surface area contributed by atoms with Gasteiger partial charge in [-0.1, -0.05) is 0 Å². The molecule has 5 N–H and O–H groups in total. The molecule has 0 amide bonds. The Kier molecular flexibility index (Phi) is 7.32. The summed E-state index contributed by atoms with van der Waals surface area (Å²) >= 11 is 0. The van der Waals surface area contributed by atoms with E-state index in [1.54, 1.807) is 36.7 Å². The van der Waals surface area contributed by atoms with Crippen molar-refractivity contribution in [2.45, 2.75) is 43.9 Å². The van der Waals surface area contributed by atoms with Crippen LogP contribution in [0.25, 0.3) is 16.6 Å². The Morgan fingerprint density at radius 1 is 1.24 bits per heavy atom. The fraction of sp³-hybridized carbons (Fsp3) is 0.333. The number of esters is 1. The molecule has 4 aromatic rings. The van der Waals surface area contributed by atoms with E-state index in [4.69, 9.17) is 15.5 Å². The van der Waals surface area contributed by atoms with Gasteiger partial charge in [-0.25, -0.2) is 14.1 Å². The molecule has 198 valence electrons. The molecule has 0 saturated heterocycles. The molecule has 10 nitrogen and oxygen atoms in total. The van der Waals surface area contributed by atoms with E-state index in [1.807, 2.05) is 12.1 Å². The summed E-state index contributed by atoms with van der Waals surface area (Å²) in [6, 6.07) is 12.2. The number of anilines is 2. The first-order valence-electron chi connectivity index (χ1n) is 12.5. The van der Waals surface area contributed by atoms with Crippen molar-refractivity contribution in [3.8, 4) is 5.69 Å². The predicted octanol–water partition coefficient (Wildman–Crippen LogP) is 3.05. The molecule has 1 aliphatic carbocycles. The Morgan fingerprint density at radius 3 is 2.76 bits per heavy atom. The number of nitrogens with zero attached hydrogens (tertiary/aromatic N) is 4. The molecule has 1 saturated carbocycles. The lowest BCUT2D eigenvalue weighted by Crippen LogP contribution is -2.49. The topological polar surface area (TPSA) is 140 Å². The molecule has 0 radical (unpaired) electrons. The number of halogens is 1. The van der Waals surface area contributed by atoms with Gasteiger partial charge in [-0.2, -0.15) is 5.10 Å². The molecule has 3 heterocycles. The number of aliphatic hydroxyl groups is 1. The zero-order chi connectivity index (χ0) is 26.7. The molecular weight excluding hydrogens is 489 g/mol. The summed E-state index contributed by atoms with van der Waals surface area (Å²) in [5, 5.41) is 20.7. The molecular formula is C27H30FN7O3. The van der Waals surface area contributed by atoms with Crippen molar-refractivity contribution in [3.63, 3.8) is 0 Å². The van der Waals surface area contributed by atoms with Gasteiger partial charge in [0.2, 0.25) is 0 Å². The number of methoxy groups -OCH3 is 1. The van der Waals surface area contributed by atoms with E-state index in [2.05, 4.69) is 20.7 Å². The summed E-state index contributed by atoms with van der Waals surface area (Å²) in [5.41, 5.74) is 8.45. The lowest BCUT2D eigenvalue weighted by molar-refractivity contribution is -0.140. The van der Waals surface area contributed by atoms with Crippen molar-refractivity contribution in [2.24, 2.45) is 5.73 Å². The second-order valence-electron chi connectivity index (χ2n) is 9.51. The molecule has 38 heavy (non-hydrogen) atoms. The lowest BCUT2D eigenvalue weighted by atomic mass is 9.77. The molecule has 11 heteroatoms. The summed E-state index contributed by atoms with van der Waals surface area (Å²) in [6.07, 6.45) is 6.46. The molecule has 0 aliphatic heterocycles. The van der Waals surface area contributed by atoms with Crippen LogP contribution in [0.4, 0.5) is 15.9 Å². The number of pyridine rings is 2. The maximum Gasteiger partial charge on any atom is 0.319 e. The third-order valence-electron chi connectivity index (χ3n) is 7.03. The van der Waals surface area contributed by atoms with E-state index >= 15 is 0 Å². The van der Waals surface area contributed by atoms with Crippen LogP contribution in [-0.2, 0) is 21.7 Å². The number of carbonyl (C=O) groups is 1. The molecule has 3 aromatic heterocycles. The maximum atomic E-state index is 14.9. The van der Waals surface area contributed by atoms with Crippen LogP contribution in [0, 0.1) is 5.82 Å². The van der Waals surface area contributed by atoms with Crippen LogP contribution >= 0.6 is 0 Å². The number of carbonyl (C=O) groups excluding carboxylic acids is 1. The molecule has 1 aromatic carbocycles. The van der Waals surface area contributed by atoms with Crippen LogP contribution in [0.15, 0.2) is 54.9 Å². The standard InChI is InChI=1S/C27H30FN7O3/c1-38-26(37)15-31-27(9-6-18(29)7-10-27)24-5-2-17-14-30-25(13-23(17)32-24)33-22-4-3-20(12-21(22)28)35-11-8-19(16-36)34-35/h2-5,8,11-14,18,31,36H,6-7,9-10,15-16,29H2,1H3,(H,30,33). The number of fused-ring (bicyclic) bond motifs is 1. The average molecular weight is 520 g/mol. The van der Waals surface area contributed by atoms with Crippen LogP contribution < -0.4 is 16.4 Å². The van der Waals surface area contributed by atoms with Crippen molar-refractivity contribution < 1.29 is 19.0 Å². The van der Waals surface area contributed by atoms with Crippen molar-refractivity contribution >= 4 is 28.4 Å². The van der Waals surface area contributed by atoms with E-state index in [1.165, 1.54) is 17.9 Å². The number of hydrogen-bond acceptors (Lipinski definition) is 9. The van der Waals surface area contributed by atoms with Gasteiger partial charge in [-0.05, 0) is 56.0 Å². The van der Waals surface area contributed by atoms with Gasteiger partial charge in [0.25, 0.3) is 0 Å². The Bertz CT molecular complexity index is 1450. The van der Waals surface area contributed by atoms with Gasteiger partial charge in [-0.3, -0.25) is 15.1 Å². The smallest absolute Gasteiger partial charge is 0.319 e. The van der Waals surface area contributed by atoms with Gasteiger partial charge < -0.3 is 20.9 Å². The average Bonchev–Trinajstić information content (AvgIpc) is 3.43. The number of hydrogen-bond donors (Lipinski definition) is 4. The van der Waals surface area contributed by atoms with Gasteiger partial charge in [0.15, 0.2) is 0 Å². The minimum Gasteiger partial charge on any atom is -0.468 e. The second-order valence-corrected chi connectivity index (χ2v) is 9.51. The first-order chi connectivity index (χ1) is 18.4. The molecule has 5 rings (SSSR count). The third-order valence-corrected chi connectivity index (χ3v) is 7.03. The highest BCUT2D eigenvalue weighted by atomic mass is 19.1. The van der Waals surface area contributed by atoms with Crippen LogP contribution in [0.1, 0.15) is 37.1 Å². The lowest BCUT2D eigenvalue weighted by Gasteiger charge is -2.39. The number of aromatic nitrogens is 4.